The van der Waals surface area contributed by atoms with Gasteiger partial charge in [0.15, 0.2) is 7.28 Å². The Labute approximate surface area is 69.9 Å². The largest absolute Gasteiger partial charge is 0.171 e. The number of rotatable bonds is 0. The number of hydrogen-bond acceptors (Lipinski definition) is 0. The van der Waals surface area contributed by atoms with Crippen molar-refractivity contribution in [2.24, 2.45) is 0 Å². The lowest BCUT2D eigenvalue weighted by Crippen LogP contribution is -1.85. The summed E-state index contributed by atoms with van der Waals surface area (Å²) in [7, 11) is 2.12. The summed E-state index contributed by atoms with van der Waals surface area (Å²) in [5, 5.41) is 0. The van der Waals surface area contributed by atoms with Crippen molar-refractivity contribution >= 4 is 7.28 Å². The minimum atomic E-state index is 1.37. The zero-order valence-electron chi connectivity index (χ0n) is 7.73. The van der Waals surface area contributed by atoms with Crippen molar-refractivity contribution in [1.82, 2.24) is 0 Å². The lowest BCUT2D eigenvalue weighted by atomic mass is 9.76. The van der Waals surface area contributed by atoms with Gasteiger partial charge in [-0.05, 0) is 38.8 Å². The molecule has 0 atom stereocenters. The maximum absolute atomic E-state index is 2.18. The quantitative estimate of drug-likeness (QED) is 0.459. The Morgan fingerprint density at radius 1 is 0.818 bits per heavy atom. The van der Waals surface area contributed by atoms with Crippen LogP contribution in [0.5, 0.6) is 0 Å². The van der Waals surface area contributed by atoms with Gasteiger partial charge < -0.3 is 0 Å². The molecule has 0 spiro atoms. The molecule has 11 heavy (non-hydrogen) atoms. The molecule has 1 radical (unpaired) electrons. The third-order valence-electron chi connectivity index (χ3n) is 2.44. The van der Waals surface area contributed by atoms with Crippen LogP contribution in [0.1, 0.15) is 27.7 Å². The monoisotopic (exact) mass is 145 g/mol. The molecular formula is C10H14B. The molecule has 0 nitrogen and oxygen atoms in total. The standard InChI is InChI=1S/C10H14B/c1-7-5-11-6-8(2)10(4)9(7)3/h5-6H,1-4H3. The molecule has 0 N–H and O–H groups in total. The molecule has 0 bridgehead atoms. The van der Waals surface area contributed by atoms with E-state index in [0.29, 0.717) is 0 Å². The summed E-state index contributed by atoms with van der Waals surface area (Å²) < 4.78 is 0. The molecule has 0 saturated heterocycles. The predicted molar refractivity (Wildman–Crippen MR) is 51.6 cm³/mol. The minimum absolute atomic E-state index is 1.37. The van der Waals surface area contributed by atoms with Crippen molar-refractivity contribution in [3.63, 3.8) is 0 Å². The van der Waals surface area contributed by atoms with Gasteiger partial charge in [-0.15, -0.1) is 12.0 Å². The van der Waals surface area contributed by atoms with E-state index in [-0.39, 0.29) is 0 Å². The molecule has 0 amide bonds. The van der Waals surface area contributed by atoms with Crippen molar-refractivity contribution in [2.75, 3.05) is 0 Å². The van der Waals surface area contributed by atoms with Gasteiger partial charge in [-0.25, -0.2) is 0 Å². The van der Waals surface area contributed by atoms with Crippen LogP contribution in [-0.4, -0.2) is 7.28 Å². The molecule has 0 fully saturated rings. The van der Waals surface area contributed by atoms with Gasteiger partial charge >= 0.3 is 0 Å². The maximum atomic E-state index is 2.18. The third kappa shape index (κ3) is 1.65. The van der Waals surface area contributed by atoms with Crippen molar-refractivity contribution in [3.05, 3.63) is 34.2 Å². The molecule has 0 unspecified atom stereocenters. The highest BCUT2D eigenvalue weighted by molar-refractivity contribution is 6.48. The molecule has 1 aliphatic heterocycles. The normalized spacial score (nSPS) is 18.5. The summed E-state index contributed by atoms with van der Waals surface area (Å²) in [4.78, 5) is 0. The van der Waals surface area contributed by atoms with Crippen LogP contribution in [0.15, 0.2) is 34.2 Å². The SMILES string of the molecule is CC1=C[B]C=C(C)C(C)=C1C. The van der Waals surface area contributed by atoms with E-state index in [1.165, 1.54) is 22.3 Å². The van der Waals surface area contributed by atoms with Crippen molar-refractivity contribution in [2.45, 2.75) is 27.7 Å². The topological polar surface area (TPSA) is 0 Å². The maximum Gasteiger partial charge on any atom is 0.171 e. The highest BCUT2D eigenvalue weighted by Crippen LogP contribution is 2.21. The fourth-order valence-corrected chi connectivity index (χ4v) is 1.18. The smallest absolute Gasteiger partial charge is 0.114 e. The van der Waals surface area contributed by atoms with Crippen LogP contribution in [0.25, 0.3) is 0 Å². The van der Waals surface area contributed by atoms with Gasteiger partial charge in [0.25, 0.3) is 0 Å². The minimum Gasteiger partial charge on any atom is -0.114 e. The van der Waals surface area contributed by atoms with E-state index in [1.807, 2.05) is 0 Å². The van der Waals surface area contributed by atoms with Crippen LogP contribution in [0, 0.1) is 0 Å². The molecule has 0 saturated carbocycles. The molecule has 1 rings (SSSR count). The second-order valence-electron chi connectivity index (χ2n) is 3.14. The van der Waals surface area contributed by atoms with Crippen LogP contribution in [0.3, 0.4) is 0 Å². The molecule has 0 aromatic heterocycles. The summed E-state index contributed by atoms with van der Waals surface area (Å²) in [6.45, 7) is 8.67. The van der Waals surface area contributed by atoms with Gasteiger partial charge in [0, 0.05) is 0 Å². The Balaban J connectivity index is 3.12. The molecule has 1 heterocycles. The van der Waals surface area contributed by atoms with E-state index in [2.05, 4.69) is 46.9 Å². The fraction of sp³-hybridized carbons (Fsp3) is 0.400. The Morgan fingerprint density at radius 2 is 1.18 bits per heavy atom. The molecule has 57 valence electrons. The summed E-state index contributed by atoms with van der Waals surface area (Å²) >= 11 is 0. The lowest BCUT2D eigenvalue weighted by Gasteiger charge is -2.05. The molecule has 0 aliphatic carbocycles. The Hall–Kier alpha value is -0.715. The second-order valence-corrected chi connectivity index (χ2v) is 3.14. The average Bonchev–Trinajstić information content (AvgIpc) is 2.07. The van der Waals surface area contributed by atoms with Gasteiger partial charge in [-0.1, -0.05) is 11.1 Å². The lowest BCUT2D eigenvalue weighted by molar-refractivity contribution is 1.23. The molecule has 1 heteroatoms. The van der Waals surface area contributed by atoms with Crippen LogP contribution in [-0.2, 0) is 0 Å². The zero-order valence-corrected chi connectivity index (χ0v) is 7.73. The Bertz CT molecular complexity index is 228. The van der Waals surface area contributed by atoms with Crippen LogP contribution in [0.2, 0.25) is 0 Å². The van der Waals surface area contributed by atoms with Gasteiger partial charge in [-0.2, -0.15) is 0 Å². The number of allylic oxidation sites excluding steroid dienone is 4. The van der Waals surface area contributed by atoms with E-state index < -0.39 is 0 Å². The van der Waals surface area contributed by atoms with Crippen LogP contribution >= 0.6 is 0 Å². The molecule has 1 aliphatic rings. The van der Waals surface area contributed by atoms with Crippen molar-refractivity contribution in [3.8, 4) is 0 Å². The van der Waals surface area contributed by atoms with E-state index in [1.54, 1.807) is 0 Å². The summed E-state index contributed by atoms with van der Waals surface area (Å²) in [6.07, 6.45) is 0. The van der Waals surface area contributed by atoms with Crippen molar-refractivity contribution < 1.29 is 0 Å². The van der Waals surface area contributed by atoms with E-state index in [0.717, 1.165) is 0 Å². The predicted octanol–water partition coefficient (Wildman–Crippen LogP) is 2.85. The Morgan fingerprint density at radius 3 is 1.55 bits per heavy atom. The van der Waals surface area contributed by atoms with Gasteiger partial charge in [0.1, 0.15) is 0 Å². The molecule has 0 aromatic rings. The van der Waals surface area contributed by atoms with Gasteiger partial charge in [-0.3, -0.25) is 0 Å². The van der Waals surface area contributed by atoms with Crippen molar-refractivity contribution in [1.29, 1.82) is 0 Å². The second kappa shape index (κ2) is 3.12. The van der Waals surface area contributed by atoms with Crippen LogP contribution < -0.4 is 0 Å². The first kappa shape index (κ1) is 8.38. The summed E-state index contributed by atoms with van der Waals surface area (Å²) in [6, 6.07) is 0. The molecule has 0 aromatic carbocycles. The first-order valence-corrected chi connectivity index (χ1v) is 3.99. The van der Waals surface area contributed by atoms with Gasteiger partial charge in [0.2, 0.25) is 0 Å². The number of hydrogen-bond donors (Lipinski definition) is 0. The van der Waals surface area contributed by atoms with E-state index in [9.17, 15) is 0 Å². The summed E-state index contributed by atoms with van der Waals surface area (Å²) in [5.41, 5.74) is 5.56. The third-order valence-corrected chi connectivity index (χ3v) is 2.44. The molecular weight excluding hydrogens is 131 g/mol. The highest BCUT2D eigenvalue weighted by Gasteiger charge is 2.03. The summed E-state index contributed by atoms with van der Waals surface area (Å²) in [5.74, 6) is 4.32. The van der Waals surface area contributed by atoms with Crippen LogP contribution in [0.4, 0.5) is 0 Å². The van der Waals surface area contributed by atoms with Gasteiger partial charge in [0.05, 0.1) is 0 Å². The first-order valence-electron chi connectivity index (χ1n) is 3.99. The fourth-order valence-electron chi connectivity index (χ4n) is 1.18. The Kier molecular flexibility index (Phi) is 2.38. The van der Waals surface area contributed by atoms with E-state index >= 15 is 0 Å². The first-order chi connectivity index (χ1) is 5.13. The zero-order chi connectivity index (χ0) is 8.43. The highest BCUT2D eigenvalue weighted by atomic mass is 14.1. The average molecular weight is 145 g/mol. The van der Waals surface area contributed by atoms with E-state index in [4.69, 9.17) is 0 Å².